The average Bonchev–Trinajstić information content (AvgIpc) is 2.29. The third-order valence-electron chi connectivity index (χ3n) is 2.11. The molecule has 1 aromatic rings. The summed E-state index contributed by atoms with van der Waals surface area (Å²) in [5.74, 6) is -0.159. The van der Waals surface area contributed by atoms with Crippen LogP contribution in [0.3, 0.4) is 0 Å². The van der Waals surface area contributed by atoms with E-state index in [1.54, 1.807) is 0 Å². The minimum atomic E-state index is -0.205. The van der Waals surface area contributed by atoms with Crippen molar-refractivity contribution in [3.8, 4) is 0 Å². The fourth-order valence-electron chi connectivity index (χ4n) is 1.25. The van der Waals surface area contributed by atoms with E-state index in [1.165, 1.54) is 18.3 Å². The highest BCUT2D eigenvalue weighted by atomic mass is 16.1. The van der Waals surface area contributed by atoms with Crippen molar-refractivity contribution >= 4 is 5.91 Å². The molecule has 5 heteroatoms. The fourth-order valence-corrected chi connectivity index (χ4v) is 1.25. The highest BCUT2D eigenvalue weighted by molar-refractivity contribution is 5.93. The zero-order valence-electron chi connectivity index (χ0n) is 9.38. The highest BCUT2D eigenvalue weighted by Gasteiger charge is 2.03. The van der Waals surface area contributed by atoms with Gasteiger partial charge in [-0.15, -0.1) is 0 Å². The molecule has 5 nitrogen and oxygen atoms in total. The predicted molar refractivity (Wildman–Crippen MR) is 62.6 cm³/mol. The van der Waals surface area contributed by atoms with Crippen LogP contribution in [-0.2, 0) is 0 Å². The molecule has 1 rings (SSSR count). The van der Waals surface area contributed by atoms with Gasteiger partial charge in [-0.3, -0.25) is 9.59 Å². The molecule has 0 spiro atoms. The Balaban J connectivity index is 2.30. The van der Waals surface area contributed by atoms with Crippen molar-refractivity contribution in [1.82, 2.24) is 15.6 Å². The van der Waals surface area contributed by atoms with Gasteiger partial charge < -0.3 is 15.6 Å². The van der Waals surface area contributed by atoms with Crippen molar-refractivity contribution in [1.29, 1.82) is 0 Å². The molecule has 88 valence electrons. The van der Waals surface area contributed by atoms with Crippen molar-refractivity contribution in [2.24, 2.45) is 0 Å². The van der Waals surface area contributed by atoms with E-state index in [1.807, 2.05) is 6.92 Å². The maximum absolute atomic E-state index is 11.5. The van der Waals surface area contributed by atoms with E-state index in [9.17, 15) is 9.59 Å². The first-order valence-corrected chi connectivity index (χ1v) is 5.41. The van der Waals surface area contributed by atoms with Crippen molar-refractivity contribution in [2.45, 2.75) is 13.3 Å². The van der Waals surface area contributed by atoms with E-state index in [2.05, 4.69) is 15.6 Å². The van der Waals surface area contributed by atoms with Crippen LogP contribution in [0.5, 0.6) is 0 Å². The molecule has 0 fully saturated rings. The number of aromatic amines is 1. The van der Waals surface area contributed by atoms with Crippen LogP contribution in [0, 0.1) is 0 Å². The number of amides is 1. The van der Waals surface area contributed by atoms with Crippen molar-refractivity contribution in [3.63, 3.8) is 0 Å². The van der Waals surface area contributed by atoms with Gasteiger partial charge in [-0.2, -0.15) is 0 Å². The summed E-state index contributed by atoms with van der Waals surface area (Å²) >= 11 is 0. The van der Waals surface area contributed by atoms with Crippen molar-refractivity contribution in [3.05, 3.63) is 34.2 Å². The summed E-state index contributed by atoms with van der Waals surface area (Å²) in [4.78, 5) is 24.8. The molecule has 0 aromatic carbocycles. The monoisotopic (exact) mass is 223 g/mol. The van der Waals surface area contributed by atoms with Gasteiger partial charge in [0.25, 0.3) is 5.91 Å². The van der Waals surface area contributed by atoms with E-state index in [0.717, 1.165) is 19.5 Å². The Labute approximate surface area is 94.3 Å². The van der Waals surface area contributed by atoms with Gasteiger partial charge in [-0.1, -0.05) is 6.92 Å². The van der Waals surface area contributed by atoms with Crippen LogP contribution in [0.4, 0.5) is 0 Å². The molecule has 0 saturated heterocycles. The molecule has 0 aliphatic carbocycles. The smallest absolute Gasteiger partial charge is 0.252 e. The molecule has 0 unspecified atom stereocenters. The Morgan fingerprint density at radius 3 is 2.81 bits per heavy atom. The lowest BCUT2D eigenvalue weighted by Gasteiger charge is -2.04. The minimum Gasteiger partial charge on any atom is -0.352 e. The lowest BCUT2D eigenvalue weighted by Crippen LogP contribution is -2.27. The molecule has 0 bridgehead atoms. The quantitative estimate of drug-likeness (QED) is 0.599. The first-order chi connectivity index (χ1) is 7.74. The largest absolute Gasteiger partial charge is 0.352 e. The maximum atomic E-state index is 11.5. The molecule has 3 N–H and O–H groups in total. The number of pyridine rings is 1. The molecule has 0 aliphatic rings. The number of nitrogens with one attached hydrogen (secondary N) is 3. The summed E-state index contributed by atoms with van der Waals surface area (Å²) in [5.41, 5.74) is 0.270. The van der Waals surface area contributed by atoms with Crippen LogP contribution < -0.4 is 16.2 Å². The first kappa shape index (κ1) is 12.4. The Bertz CT molecular complexity index is 367. The second-order valence-corrected chi connectivity index (χ2v) is 3.40. The van der Waals surface area contributed by atoms with Crippen LogP contribution in [-0.4, -0.2) is 30.5 Å². The lowest BCUT2D eigenvalue weighted by molar-refractivity contribution is 0.0953. The topological polar surface area (TPSA) is 74.0 Å². The normalized spacial score (nSPS) is 10.1. The molecule has 0 saturated carbocycles. The van der Waals surface area contributed by atoms with Gasteiger partial charge in [-0.25, -0.2) is 0 Å². The Morgan fingerprint density at radius 1 is 1.38 bits per heavy atom. The second kappa shape index (κ2) is 6.79. The third kappa shape index (κ3) is 4.27. The number of carbonyl (C=O) groups is 1. The van der Waals surface area contributed by atoms with E-state index >= 15 is 0 Å². The van der Waals surface area contributed by atoms with Gasteiger partial charge in [-0.05, 0) is 25.6 Å². The van der Waals surface area contributed by atoms with Crippen LogP contribution in [0.25, 0.3) is 0 Å². The molecule has 1 heterocycles. The number of hydrogen-bond acceptors (Lipinski definition) is 3. The van der Waals surface area contributed by atoms with E-state index < -0.39 is 0 Å². The Morgan fingerprint density at radius 2 is 2.19 bits per heavy atom. The number of hydrogen-bond donors (Lipinski definition) is 3. The second-order valence-electron chi connectivity index (χ2n) is 3.40. The Kier molecular flexibility index (Phi) is 5.28. The maximum Gasteiger partial charge on any atom is 0.252 e. The third-order valence-corrected chi connectivity index (χ3v) is 2.11. The Hall–Kier alpha value is -1.62. The lowest BCUT2D eigenvalue weighted by atomic mass is 10.2. The van der Waals surface area contributed by atoms with E-state index in [-0.39, 0.29) is 11.5 Å². The average molecular weight is 223 g/mol. The molecule has 1 amide bonds. The summed E-state index contributed by atoms with van der Waals surface area (Å²) in [6.07, 6.45) is 2.31. The molecule has 1 aromatic heterocycles. The van der Waals surface area contributed by atoms with Crippen LogP contribution in [0.2, 0.25) is 0 Å². The number of H-pyrrole nitrogens is 1. The molecular formula is C11H17N3O2. The first-order valence-electron chi connectivity index (χ1n) is 5.41. The van der Waals surface area contributed by atoms with Gasteiger partial charge >= 0.3 is 0 Å². The van der Waals surface area contributed by atoms with E-state index in [4.69, 9.17) is 0 Å². The predicted octanol–water partition coefficient (Wildman–Crippen LogP) is 0.104. The van der Waals surface area contributed by atoms with Crippen LogP contribution >= 0.6 is 0 Å². The summed E-state index contributed by atoms with van der Waals surface area (Å²) < 4.78 is 0. The summed E-state index contributed by atoms with van der Waals surface area (Å²) in [5, 5.41) is 5.95. The molecular weight excluding hydrogens is 206 g/mol. The standard InChI is InChI=1S/C11H17N3O2/c1-2-12-6-3-7-13-11(16)9-4-5-10(15)14-8-9/h4-5,8,12H,2-3,6-7H2,1H3,(H,13,16)(H,14,15). The van der Waals surface area contributed by atoms with Gasteiger partial charge in [0.1, 0.15) is 0 Å². The van der Waals surface area contributed by atoms with Crippen molar-refractivity contribution in [2.75, 3.05) is 19.6 Å². The van der Waals surface area contributed by atoms with Crippen LogP contribution in [0.1, 0.15) is 23.7 Å². The van der Waals surface area contributed by atoms with E-state index in [0.29, 0.717) is 12.1 Å². The van der Waals surface area contributed by atoms with Gasteiger partial charge in [0.2, 0.25) is 5.56 Å². The number of aromatic nitrogens is 1. The van der Waals surface area contributed by atoms with Gasteiger partial charge in [0.05, 0.1) is 5.56 Å². The number of rotatable bonds is 6. The highest BCUT2D eigenvalue weighted by Crippen LogP contribution is 1.92. The molecule has 0 atom stereocenters. The molecule has 0 radical (unpaired) electrons. The fraction of sp³-hybridized carbons (Fsp3) is 0.455. The molecule has 16 heavy (non-hydrogen) atoms. The van der Waals surface area contributed by atoms with Crippen molar-refractivity contribution < 1.29 is 4.79 Å². The zero-order valence-corrected chi connectivity index (χ0v) is 9.38. The minimum absolute atomic E-state index is 0.159. The number of carbonyl (C=O) groups excluding carboxylic acids is 1. The molecule has 0 aliphatic heterocycles. The van der Waals surface area contributed by atoms with Crippen LogP contribution in [0.15, 0.2) is 23.1 Å². The SMILES string of the molecule is CCNCCCNC(=O)c1ccc(=O)[nH]c1. The van der Waals surface area contributed by atoms with Gasteiger partial charge in [0.15, 0.2) is 0 Å². The summed E-state index contributed by atoms with van der Waals surface area (Å²) in [6.45, 7) is 4.50. The zero-order chi connectivity index (χ0) is 11.8. The van der Waals surface area contributed by atoms with Gasteiger partial charge in [0, 0.05) is 18.8 Å². The summed E-state index contributed by atoms with van der Waals surface area (Å²) in [6, 6.07) is 2.85. The summed E-state index contributed by atoms with van der Waals surface area (Å²) in [7, 11) is 0.